The number of aryl methyl sites for hydroxylation is 1. The van der Waals surface area contributed by atoms with Gasteiger partial charge in [0.25, 0.3) is 0 Å². The van der Waals surface area contributed by atoms with Crippen molar-refractivity contribution in [3.8, 4) is 0 Å². The summed E-state index contributed by atoms with van der Waals surface area (Å²) in [6.07, 6.45) is 0.535. The van der Waals surface area contributed by atoms with Gasteiger partial charge in [-0.05, 0) is 62.9 Å². The van der Waals surface area contributed by atoms with E-state index in [0.717, 1.165) is 16.7 Å². The molecule has 0 bridgehead atoms. The van der Waals surface area contributed by atoms with Gasteiger partial charge in [-0.1, -0.05) is 60.5 Å². The molecule has 0 aliphatic carbocycles. The number of carbonyl (C=O) groups is 2. The smallest absolute Gasteiger partial charge is 0.243 e. The van der Waals surface area contributed by atoms with Crippen molar-refractivity contribution < 1.29 is 9.59 Å². The molecule has 0 aromatic heterocycles. The van der Waals surface area contributed by atoms with E-state index >= 15 is 0 Å². The first kappa shape index (κ1) is 26.6. The van der Waals surface area contributed by atoms with Crippen molar-refractivity contribution in [3.63, 3.8) is 0 Å². The highest BCUT2D eigenvalue weighted by molar-refractivity contribution is 7.99. The summed E-state index contributed by atoms with van der Waals surface area (Å²) in [4.78, 5) is 28.1. The highest BCUT2D eigenvalue weighted by Crippen LogP contribution is 2.25. The van der Waals surface area contributed by atoms with Gasteiger partial charge in [0, 0.05) is 27.9 Å². The van der Waals surface area contributed by atoms with Crippen molar-refractivity contribution >= 4 is 46.8 Å². The lowest BCUT2D eigenvalue weighted by atomic mass is 10.0. The molecule has 1 atom stereocenters. The quantitative estimate of drug-likeness (QED) is 0.447. The second-order valence-corrected chi connectivity index (χ2v) is 10.7. The first-order chi connectivity index (χ1) is 15.0. The summed E-state index contributed by atoms with van der Waals surface area (Å²) in [6, 6.07) is 12.8. The van der Waals surface area contributed by atoms with Crippen LogP contribution >= 0.6 is 35.0 Å². The molecule has 7 heteroatoms. The van der Waals surface area contributed by atoms with Crippen LogP contribution in [0, 0.1) is 6.92 Å². The highest BCUT2D eigenvalue weighted by Gasteiger charge is 2.30. The van der Waals surface area contributed by atoms with E-state index in [9.17, 15) is 9.59 Å². The molecule has 174 valence electrons. The molecule has 2 amide bonds. The van der Waals surface area contributed by atoms with Crippen LogP contribution in [0.2, 0.25) is 10.0 Å². The zero-order chi connectivity index (χ0) is 23.9. The average Bonchev–Trinajstić information content (AvgIpc) is 2.69. The Morgan fingerprint density at radius 1 is 1.09 bits per heavy atom. The topological polar surface area (TPSA) is 49.4 Å². The molecule has 0 saturated heterocycles. The van der Waals surface area contributed by atoms with Crippen LogP contribution < -0.4 is 5.32 Å². The van der Waals surface area contributed by atoms with Crippen LogP contribution in [0.3, 0.4) is 0 Å². The van der Waals surface area contributed by atoms with Crippen LogP contribution in [0.5, 0.6) is 0 Å². The molecule has 2 rings (SSSR count). The Balaban J connectivity index is 2.19. The number of hydrogen-bond donors (Lipinski definition) is 1. The average molecular weight is 496 g/mol. The molecule has 0 unspecified atom stereocenters. The molecule has 0 spiro atoms. The SMILES string of the molecule is CC[C@@H](C(=O)NC(C)(C)C)N(Cc1ccccc1C)C(=O)CSCc1ccc(Cl)cc1Cl. The van der Waals surface area contributed by atoms with Crippen LogP contribution in [0.25, 0.3) is 0 Å². The number of nitrogens with zero attached hydrogens (tertiary/aromatic N) is 1. The molecule has 32 heavy (non-hydrogen) atoms. The highest BCUT2D eigenvalue weighted by atomic mass is 35.5. The van der Waals surface area contributed by atoms with E-state index in [-0.39, 0.29) is 23.1 Å². The second-order valence-electron chi connectivity index (χ2n) is 8.84. The number of halogens is 2. The molecule has 0 radical (unpaired) electrons. The lowest BCUT2D eigenvalue weighted by molar-refractivity contribution is -0.140. The normalized spacial score (nSPS) is 12.3. The Kier molecular flexibility index (Phi) is 9.93. The fourth-order valence-electron chi connectivity index (χ4n) is 3.31. The summed E-state index contributed by atoms with van der Waals surface area (Å²) >= 11 is 13.7. The predicted molar refractivity (Wildman–Crippen MR) is 136 cm³/mol. The molecule has 0 aliphatic rings. The van der Waals surface area contributed by atoms with Crippen LogP contribution in [-0.4, -0.2) is 34.0 Å². The molecule has 0 saturated carbocycles. The number of hydrogen-bond acceptors (Lipinski definition) is 3. The van der Waals surface area contributed by atoms with Crippen molar-refractivity contribution in [3.05, 3.63) is 69.2 Å². The third kappa shape index (κ3) is 8.02. The minimum absolute atomic E-state index is 0.0701. The Labute approximate surface area is 206 Å². The first-order valence-corrected chi connectivity index (χ1v) is 12.6. The van der Waals surface area contributed by atoms with Gasteiger partial charge in [0.1, 0.15) is 6.04 Å². The first-order valence-electron chi connectivity index (χ1n) is 10.7. The van der Waals surface area contributed by atoms with Gasteiger partial charge < -0.3 is 10.2 Å². The number of benzene rings is 2. The molecule has 0 heterocycles. The van der Waals surface area contributed by atoms with Gasteiger partial charge in [-0.15, -0.1) is 11.8 Å². The molecular weight excluding hydrogens is 463 g/mol. The van der Waals surface area contributed by atoms with E-state index in [0.29, 0.717) is 28.8 Å². The fourth-order valence-corrected chi connectivity index (χ4v) is 4.78. The van der Waals surface area contributed by atoms with Gasteiger partial charge in [-0.3, -0.25) is 9.59 Å². The standard InChI is InChI=1S/C25H32Cl2N2O2S/c1-6-22(24(31)28-25(3,4)5)29(14-18-10-8-7-9-17(18)2)23(30)16-32-15-19-11-12-20(26)13-21(19)27/h7-13,22H,6,14-16H2,1-5H3,(H,28,31)/t22-/m0/s1. The Bertz CT molecular complexity index is 944. The third-order valence-electron chi connectivity index (χ3n) is 4.98. The van der Waals surface area contributed by atoms with Crippen molar-refractivity contribution in [1.29, 1.82) is 0 Å². The van der Waals surface area contributed by atoms with Gasteiger partial charge >= 0.3 is 0 Å². The van der Waals surface area contributed by atoms with Gasteiger partial charge in [0.2, 0.25) is 11.8 Å². The van der Waals surface area contributed by atoms with Crippen molar-refractivity contribution in [2.75, 3.05) is 5.75 Å². The van der Waals surface area contributed by atoms with E-state index < -0.39 is 6.04 Å². The van der Waals surface area contributed by atoms with Crippen molar-refractivity contribution in [1.82, 2.24) is 10.2 Å². The summed E-state index contributed by atoms with van der Waals surface area (Å²) in [5.74, 6) is 0.640. The zero-order valence-corrected chi connectivity index (χ0v) is 21.7. The van der Waals surface area contributed by atoms with Gasteiger partial charge in [-0.2, -0.15) is 0 Å². The minimum atomic E-state index is -0.541. The Hall–Kier alpha value is -1.69. The summed E-state index contributed by atoms with van der Waals surface area (Å²) in [5, 5.41) is 4.20. The maximum atomic E-state index is 13.3. The number of carbonyl (C=O) groups excluding carboxylic acids is 2. The largest absolute Gasteiger partial charge is 0.350 e. The molecule has 0 fully saturated rings. The summed E-state index contributed by atoms with van der Waals surface area (Å²) < 4.78 is 0. The lowest BCUT2D eigenvalue weighted by Gasteiger charge is -2.33. The van der Waals surface area contributed by atoms with Crippen LogP contribution in [0.15, 0.2) is 42.5 Å². The monoisotopic (exact) mass is 494 g/mol. The van der Waals surface area contributed by atoms with E-state index in [1.54, 1.807) is 17.0 Å². The van der Waals surface area contributed by atoms with E-state index in [1.165, 1.54) is 11.8 Å². The van der Waals surface area contributed by atoms with Crippen molar-refractivity contribution in [2.45, 2.75) is 64.9 Å². The van der Waals surface area contributed by atoms with Gasteiger partial charge in [0.15, 0.2) is 0 Å². The number of nitrogens with one attached hydrogen (secondary N) is 1. The van der Waals surface area contributed by atoms with Crippen molar-refractivity contribution in [2.24, 2.45) is 0 Å². The third-order valence-corrected chi connectivity index (χ3v) is 6.54. The van der Waals surface area contributed by atoms with E-state index in [1.807, 2.05) is 65.0 Å². The van der Waals surface area contributed by atoms with E-state index in [4.69, 9.17) is 23.2 Å². The summed E-state index contributed by atoms with van der Waals surface area (Å²) in [7, 11) is 0. The summed E-state index contributed by atoms with van der Waals surface area (Å²) in [6.45, 7) is 10.2. The number of amides is 2. The minimum Gasteiger partial charge on any atom is -0.350 e. The van der Waals surface area contributed by atoms with Crippen LogP contribution in [-0.2, 0) is 21.9 Å². The van der Waals surface area contributed by atoms with E-state index in [2.05, 4.69) is 5.32 Å². The molecule has 2 aromatic carbocycles. The molecule has 1 N–H and O–H groups in total. The second kappa shape index (κ2) is 12.0. The Morgan fingerprint density at radius 2 is 1.78 bits per heavy atom. The Morgan fingerprint density at radius 3 is 2.38 bits per heavy atom. The van der Waals surface area contributed by atoms with Crippen LogP contribution in [0.4, 0.5) is 0 Å². The molecule has 2 aromatic rings. The van der Waals surface area contributed by atoms with Gasteiger partial charge in [-0.25, -0.2) is 0 Å². The lowest BCUT2D eigenvalue weighted by Crippen LogP contribution is -2.53. The number of rotatable bonds is 9. The maximum absolute atomic E-state index is 13.3. The fraction of sp³-hybridized carbons (Fsp3) is 0.440. The summed E-state index contributed by atoms with van der Waals surface area (Å²) in [5.41, 5.74) is 2.68. The number of thioether (sulfide) groups is 1. The molecule has 4 nitrogen and oxygen atoms in total. The zero-order valence-electron chi connectivity index (χ0n) is 19.4. The maximum Gasteiger partial charge on any atom is 0.243 e. The van der Waals surface area contributed by atoms with Crippen LogP contribution in [0.1, 0.15) is 50.8 Å². The molecule has 0 aliphatic heterocycles. The molecular formula is C25H32Cl2N2O2S. The van der Waals surface area contributed by atoms with Gasteiger partial charge in [0.05, 0.1) is 5.75 Å². The predicted octanol–water partition coefficient (Wildman–Crippen LogP) is 6.26.